The quantitative estimate of drug-likeness (QED) is 0.500. The monoisotopic (exact) mass is 428 g/mol. The minimum absolute atomic E-state index is 0.381. The summed E-state index contributed by atoms with van der Waals surface area (Å²) in [4.78, 5) is 18.6. The number of methoxy groups -OCH3 is 1. The van der Waals surface area contributed by atoms with Crippen molar-refractivity contribution >= 4 is 27.7 Å². The number of primary amides is 1. The van der Waals surface area contributed by atoms with Gasteiger partial charge in [-0.3, -0.25) is 9.78 Å². The number of piperidine rings is 1. The van der Waals surface area contributed by atoms with Crippen LogP contribution >= 0.6 is 0 Å². The highest BCUT2D eigenvalue weighted by atomic mass is 16.5. The number of likely N-dealkylation sites (tertiary alicyclic amines) is 1. The molecule has 0 atom stereocenters. The van der Waals surface area contributed by atoms with Crippen molar-refractivity contribution in [3.05, 3.63) is 72.1 Å². The summed E-state index contributed by atoms with van der Waals surface area (Å²) < 4.78 is 7.96. The number of benzene rings is 2. The van der Waals surface area contributed by atoms with Gasteiger partial charge in [-0.15, -0.1) is 0 Å². The third kappa shape index (κ3) is 3.82. The molecule has 0 spiro atoms. The fraction of sp³-hybridized carbons (Fsp3) is 0.308. The Morgan fingerprint density at radius 3 is 2.78 bits per heavy atom. The number of rotatable bonds is 6. The second-order valence-corrected chi connectivity index (χ2v) is 8.50. The molecule has 32 heavy (non-hydrogen) atoms. The van der Waals surface area contributed by atoms with Gasteiger partial charge in [0.15, 0.2) is 0 Å². The lowest BCUT2D eigenvalue weighted by molar-refractivity contribution is 0.100. The van der Waals surface area contributed by atoms with Crippen LogP contribution in [0.2, 0.25) is 0 Å². The molecule has 0 unspecified atom stereocenters. The summed E-state index contributed by atoms with van der Waals surface area (Å²) in [7, 11) is 1.73. The van der Waals surface area contributed by atoms with Crippen molar-refractivity contribution in [1.82, 2.24) is 14.5 Å². The summed E-state index contributed by atoms with van der Waals surface area (Å²) in [6.07, 6.45) is 7.08. The number of ether oxygens (including phenoxy) is 1. The molecule has 1 aliphatic heterocycles. The minimum atomic E-state index is -0.381. The van der Waals surface area contributed by atoms with Crippen LogP contribution in [0.15, 0.2) is 60.9 Å². The fourth-order valence-electron chi connectivity index (χ4n) is 4.95. The van der Waals surface area contributed by atoms with Gasteiger partial charge >= 0.3 is 0 Å². The number of amides is 1. The van der Waals surface area contributed by atoms with E-state index in [4.69, 9.17) is 10.5 Å². The zero-order chi connectivity index (χ0) is 22.1. The molecule has 0 radical (unpaired) electrons. The molecule has 1 fully saturated rings. The van der Waals surface area contributed by atoms with E-state index in [1.165, 1.54) is 10.9 Å². The normalized spacial score (nSPS) is 15.4. The molecule has 0 bridgehead atoms. The Bertz CT molecular complexity index is 1270. The number of aromatic nitrogens is 2. The lowest BCUT2D eigenvalue weighted by Gasteiger charge is -2.33. The Kier molecular flexibility index (Phi) is 5.53. The highest BCUT2D eigenvalue weighted by molar-refractivity contribution is 5.97. The zero-order valence-electron chi connectivity index (χ0n) is 18.3. The van der Waals surface area contributed by atoms with E-state index in [1.807, 2.05) is 36.5 Å². The first-order chi connectivity index (χ1) is 15.6. The third-order valence-electron chi connectivity index (χ3n) is 6.71. The molecule has 1 saturated heterocycles. The lowest BCUT2D eigenvalue weighted by atomic mass is 10.0. The molecule has 6 nitrogen and oxygen atoms in total. The maximum Gasteiger partial charge on any atom is 0.248 e. The smallest absolute Gasteiger partial charge is 0.248 e. The minimum Gasteiger partial charge on any atom is -0.496 e. The number of pyridine rings is 1. The number of hydrogen-bond acceptors (Lipinski definition) is 4. The second-order valence-electron chi connectivity index (χ2n) is 8.50. The number of hydrogen-bond donors (Lipinski definition) is 1. The average Bonchev–Trinajstić information content (AvgIpc) is 3.26. The van der Waals surface area contributed by atoms with Crippen molar-refractivity contribution in [3.8, 4) is 5.75 Å². The first-order valence-electron chi connectivity index (χ1n) is 11.2. The van der Waals surface area contributed by atoms with Gasteiger partial charge in [-0.05, 0) is 61.0 Å². The van der Waals surface area contributed by atoms with Gasteiger partial charge in [-0.1, -0.05) is 12.1 Å². The highest BCUT2D eigenvalue weighted by Gasteiger charge is 2.22. The zero-order valence-corrected chi connectivity index (χ0v) is 18.3. The molecule has 0 aliphatic carbocycles. The van der Waals surface area contributed by atoms with Gasteiger partial charge in [-0.25, -0.2) is 0 Å². The average molecular weight is 429 g/mol. The molecule has 4 aromatic rings. The van der Waals surface area contributed by atoms with Crippen molar-refractivity contribution in [3.63, 3.8) is 0 Å². The Balaban J connectivity index is 1.27. The Labute approximate surface area is 187 Å². The maximum absolute atomic E-state index is 11.6. The summed E-state index contributed by atoms with van der Waals surface area (Å²) in [5.74, 6) is 0.554. The molecule has 1 amide bonds. The van der Waals surface area contributed by atoms with Crippen molar-refractivity contribution in [2.24, 2.45) is 5.73 Å². The molecule has 3 heterocycles. The second kappa shape index (κ2) is 8.63. The van der Waals surface area contributed by atoms with E-state index in [9.17, 15) is 4.79 Å². The van der Waals surface area contributed by atoms with Crippen LogP contribution in [0.1, 0.15) is 34.8 Å². The first-order valence-corrected chi connectivity index (χ1v) is 11.2. The van der Waals surface area contributed by atoms with Crippen LogP contribution in [0, 0.1) is 0 Å². The highest BCUT2D eigenvalue weighted by Crippen LogP contribution is 2.30. The molecule has 2 aromatic heterocycles. The van der Waals surface area contributed by atoms with E-state index >= 15 is 0 Å². The van der Waals surface area contributed by atoms with Crippen LogP contribution in [0.25, 0.3) is 21.8 Å². The van der Waals surface area contributed by atoms with Gasteiger partial charge in [0.25, 0.3) is 0 Å². The lowest BCUT2D eigenvalue weighted by Crippen LogP contribution is -2.35. The Morgan fingerprint density at radius 1 is 1.16 bits per heavy atom. The van der Waals surface area contributed by atoms with Gasteiger partial charge in [0.2, 0.25) is 5.91 Å². The molecule has 1 aliphatic rings. The van der Waals surface area contributed by atoms with Crippen LogP contribution in [0.5, 0.6) is 5.75 Å². The van der Waals surface area contributed by atoms with Crippen LogP contribution in [0.4, 0.5) is 0 Å². The summed E-state index contributed by atoms with van der Waals surface area (Å²) >= 11 is 0. The number of carbonyl (C=O) groups is 1. The van der Waals surface area contributed by atoms with Gasteiger partial charge in [0, 0.05) is 60.1 Å². The summed E-state index contributed by atoms with van der Waals surface area (Å²) in [5, 5.41) is 2.32. The van der Waals surface area contributed by atoms with Crippen molar-refractivity contribution in [1.29, 1.82) is 0 Å². The maximum atomic E-state index is 11.6. The molecular formula is C26H28N4O2. The van der Waals surface area contributed by atoms with Crippen LogP contribution < -0.4 is 10.5 Å². The first kappa shape index (κ1) is 20.5. The molecular weight excluding hydrogens is 400 g/mol. The summed E-state index contributed by atoms with van der Waals surface area (Å²) in [6.45, 7) is 3.09. The van der Waals surface area contributed by atoms with Gasteiger partial charge < -0.3 is 19.9 Å². The topological polar surface area (TPSA) is 73.4 Å². The Hall–Kier alpha value is -3.38. The number of fused-ring (bicyclic) bond motifs is 2. The number of nitrogens with zero attached hydrogens (tertiary/aromatic N) is 3. The predicted octanol–water partition coefficient (Wildman–Crippen LogP) is 4.18. The van der Waals surface area contributed by atoms with E-state index in [-0.39, 0.29) is 5.91 Å². The fourth-order valence-corrected chi connectivity index (χ4v) is 4.95. The number of nitrogens with two attached hydrogens (primary N) is 1. The summed E-state index contributed by atoms with van der Waals surface area (Å²) in [6, 6.07) is 16.4. The van der Waals surface area contributed by atoms with Crippen LogP contribution in [-0.2, 0) is 6.42 Å². The molecule has 2 N–H and O–H groups in total. The predicted molar refractivity (Wildman–Crippen MR) is 127 cm³/mol. The van der Waals surface area contributed by atoms with Crippen LogP contribution in [0.3, 0.4) is 0 Å². The largest absolute Gasteiger partial charge is 0.496 e. The standard InChI is InChI=1S/C26H28N4O2/c1-32-25-7-6-23-21(3-2-12-28-23)22(25)11-15-29-13-9-20(10-14-29)30-16-8-18-4-5-19(26(27)31)17-24(18)30/h2-8,12,16-17,20H,9-11,13-15H2,1H3,(H2,27,31). The summed E-state index contributed by atoms with van der Waals surface area (Å²) in [5.41, 5.74) is 9.39. The van der Waals surface area contributed by atoms with Gasteiger partial charge in [0.05, 0.1) is 12.6 Å². The molecule has 164 valence electrons. The molecule has 6 heteroatoms. The Morgan fingerprint density at radius 2 is 2.00 bits per heavy atom. The van der Waals surface area contributed by atoms with Gasteiger partial charge in [-0.2, -0.15) is 0 Å². The van der Waals surface area contributed by atoms with E-state index in [1.54, 1.807) is 13.2 Å². The molecule has 5 rings (SSSR count). The van der Waals surface area contributed by atoms with Crippen LogP contribution in [-0.4, -0.2) is 47.1 Å². The molecule has 2 aromatic carbocycles. The van der Waals surface area contributed by atoms with E-state index in [0.29, 0.717) is 11.6 Å². The van der Waals surface area contributed by atoms with Crippen molar-refractivity contribution in [2.75, 3.05) is 26.7 Å². The van der Waals surface area contributed by atoms with Crippen molar-refractivity contribution < 1.29 is 9.53 Å². The third-order valence-corrected chi connectivity index (χ3v) is 6.71. The van der Waals surface area contributed by atoms with E-state index in [2.05, 4.69) is 32.8 Å². The van der Waals surface area contributed by atoms with E-state index in [0.717, 1.165) is 61.1 Å². The van der Waals surface area contributed by atoms with E-state index < -0.39 is 0 Å². The SMILES string of the molecule is COc1ccc2ncccc2c1CCN1CCC(n2ccc3ccc(C(N)=O)cc32)CC1. The molecule has 0 saturated carbocycles. The van der Waals surface area contributed by atoms with Crippen molar-refractivity contribution in [2.45, 2.75) is 25.3 Å². The number of carbonyl (C=O) groups excluding carboxylic acids is 1. The van der Waals surface area contributed by atoms with Gasteiger partial charge in [0.1, 0.15) is 5.75 Å².